The zero-order chi connectivity index (χ0) is 15.8. The number of hydrogen-bond donors (Lipinski definition) is 2. The minimum atomic E-state index is 0.330. The largest absolute Gasteiger partial charge is 0.497 e. The van der Waals surface area contributed by atoms with Gasteiger partial charge < -0.3 is 20.5 Å². The fraction of sp³-hybridized carbons (Fsp3) is 0.250. The van der Waals surface area contributed by atoms with E-state index in [1.54, 1.807) is 13.3 Å². The van der Waals surface area contributed by atoms with Gasteiger partial charge in [0.2, 0.25) is 5.88 Å². The maximum atomic E-state index is 5.89. The first-order chi connectivity index (χ1) is 10.7. The standard InChI is InChI=1S/C16H20N4O2/c1-3-22-15-12(5-4-10-18-15)11-19-16(17)20-13-6-8-14(21-2)9-7-13/h4-10H,3,11H2,1-2H3,(H3,17,19,20). The van der Waals surface area contributed by atoms with Crippen molar-refractivity contribution in [2.24, 2.45) is 10.7 Å². The lowest BCUT2D eigenvalue weighted by molar-refractivity contribution is 0.323. The minimum Gasteiger partial charge on any atom is -0.497 e. The second kappa shape index (κ2) is 7.87. The van der Waals surface area contributed by atoms with Crippen LogP contribution in [0.1, 0.15) is 12.5 Å². The number of aromatic nitrogens is 1. The zero-order valence-corrected chi connectivity index (χ0v) is 12.7. The molecule has 0 bridgehead atoms. The van der Waals surface area contributed by atoms with Crippen LogP contribution in [0.4, 0.5) is 5.69 Å². The molecule has 22 heavy (non-hydrogen) atoms. The number of ether oxygens (including phenoxy) is 2. The van der Waals surface area contributed by atoms with Gasteiger partial charge in [0.25, 0.3) is 0 Å². The van der Waals surface area contributed by atoms with Crippen LogP contribution in [0.2, 0.25) is 0 Å². The smallest absolute Gasteiger partial charge is 0.218 e. The maximum Gasteiger partial charge on any atom is 0.218 e. The van der Waals surface area contributed by atoms with E-state index in [2.05, 4.69) is 15.3 Å². The fourth-order valence-electron chi connectivity index (χ4n) is 1.84. The van der Waals surface area contributed by atoms with E-state index in [-0.39, 0.29) is 0 Å². The average molecular weight is 300 g/mol. The van der Waals surface area contributed by atoms with Gasteiger partial charge in [-0.05, 0) is 37.3 Å². The summed E-state index contributed by atoms with van der Waals surface area (Å²) in [6, 6.07) is 11.2. The second-order valence-corrected chi connectivity index (χ2v) is 4.46. The summed E-state index contributed by atoms with van der Waals surface area (Å²) in [4.78, 5) is 8.49. The van der Waals surface area contributed by atoms with Crippen LogP contribution in [0, 0.1) is 0 Å². The normalized spacial score (nSPS) is 11.1. The minimum absolute atomic E-state index is 0.330. The molecule has 0 aliphatic heterocycles. The Morgan fingerprint density at radius 3 is 2.73 bits per heavy atom. The second-order valence-electron chi connectivity index (χ2n) is 4.46. The van der Waals surface area contributed by atoms with Crippen LogP contribution in [-0.4, -0.2) is 24.7 Å². The van der Waals surface area contributed by atoms with Gasteiger partial charge in [-0.3, -0.25) is 0 Å². The molecule has 0 radical (unpaired) electrons. The van der Waals surface area contributed by atoms with Crippen molar-refractivity contribution >= 4 is 11.6 Å². The molecule has 0 saturated carbocycles. The monoisotopic (exact) mass is 300 g/mol. The van der Waals surface area contributed by atoms with Crippen LogP contribution in [0.15, 0.2) is 47.6 Å². The van der Waals surface area contributed by atoms with Gasteiger partial charge in [-0.25, -0.2) is 9.98 Å². The van der Waals surface area contributed by atoms with Gasteiger partial charge >= 0.3 is 0 Å². The predicted molar refractivity (Wildman–Crippen MR) is 87.3 cm³/mol. The Labute approximate surface area is 130 Å². The van der Waals surface area contributed by atoms with E-state index in [4.69, 9.17) is 15.2 Å². The van der Waals surface area contributed by atoms with Gasteiger partial charge in [0.05, 0.1) is 20.3 Å². The molecule has 2 rings (SSSR count). The van der Waals surface area contributed by atoms with Crippen molar-refractivity contribution in [1.82, 2.24) is 4.98 Å². The van der Waals surface area contributed by atoms with E-state index in [9.17, 15) is 0 Å². The number of nitrogens with zero attached hydrogens (tertiary/aromatic N) is 2. The van der Waals surface area contributed by atoms with Crippen LogP contribution in [0.3, 0.4) is 0 Å². The molecular weight excluding hydrogens is 280 g/mol. The molecule has 0 aliphatic rings. The lowest BCUT2D eigenvalue weighted by atomic mass is 10.3. The van der Waals surface area contributed by atoms with Crippen molar-refractivity contribution in [3.63, 3.8) is 0 Å². The molecule has 3 N–H and O–H groups in total. The van der Waals surface area contributed by atoms with E-state index in [0.717, 1.165) is 17.0 Å². The Morgan fingerprint density at radius 1 is 1.27 bits per heavy atom. The van der Waals surface area contributed by atoms with Crippen LogP contribution in [-0.2, 0) is 6.54 Å². The first-order valence-electron chi connectivity index (χ1n) is 7.00. The van der Waals surface area contributed by atoms with Gasteiger partial charge in [0.1, 0.15) is 5.75 Å². The number of guanidine groups is 1. The molecule has 2 aromatic rings. The highest BCUT2D eigenvalue weighted by molar-refractivity contribution is 5.92. The maximum absolute atomic E-state index is 5.89. The number of benzene rings is 1. The van der Waals surface area contributed by atoms with Gasteiger partial charge in [0.15, 0.2) is 5.96 Å². The molecule has 6 nitrogen and oxygen atoms in total. The fourth-order valence-corrected chi connectivity index (χ4v) is 1.84. The number of aliphatic imine (C=N–C) groups is 1. The Kier molecular flexibility index (Phi) is 5.59. The van der Waals surface area contributed by atoms with Crippen molar-refractivity contribution in [3.05, 3.63) is 48.2 Å². The SMILES string of the molecule is CCOc1ncccc1CN=C(N)Nc1ccc(OC)cc1. The molecule has 1 aromatic carbocycles. The third kappa shape index (κ3) is 4.37. The number of anilines is 1. The molecule has 0 aliphatic carbocycles. The Bertz CT molecular complexity index is 626. The van der Waals surface area contributed by atoms with Crippen molar-refractivity contribution < 1.29 is 9.47 Å². The molecule has 1 heterocycles. The summed E-state index contributed by atoms with van der Waals surface area (Å²) >= 11 is 0. The molecule has 0 fully saturated rings. The highest BCUT2D eigenvalue weighted by Gasteiger charge is 2.03. The van der Waals surface area contributed by atoms with Gasteiger partial charge in [-0.1, -0.05) is 6.07 Å². The summed E-state index contributed by atoms with van der Waals surface area (Å²) < 4.78 is 10.6. The highest BCUT2D eigenvalue weighted by atomic mass is 16.5. The number of nitrogens with one attached hydrogen (secondary N) is 1. The summed E-state index contributed by atoms with van der Waals surface area (Å²) in [7, 11) is 1.63. The Morgan fingerprint density at radius 2 is 2.05 bits per heavy atom. The Hall–Kier alpha value is -2.76. The molecule has 0 spiro atoms. The van der Waals surface area contributed by atoms with Crippen molar-refractivity contribution in [2.75, 3.05) is 19.0 Å². The summed E-state index contributed by atoms with van der Waals surface area (Å²) in [5, 5.41) is 3.03. The summed E-state index contributed by atoms with van der Waals surface area (Å²) in [5.41, 5.74) is 7.63. The van der Waals surface area contributed by atoms with Crippen LogP contribution in [0.25, 0.3) is 0 Å². The number of nitrogens with two attached hydrogens (primary N) is 1. The van der Waals surface area contributed by atoms with E-state index < -0.39 is 0 Å². The van der Waals surface area contributed by atoms with Crippen LogP contribution >= 0.6 is 0 Å². The molecular formula is C16H20N4O2. The Balaban J connectivity index is 2.00. The first kappa shape index (κ1) is 15.6. The number of pyridine rings is 1. The predicted octanol–water partition coefficient (Wildman–Crippen LogP) is 2.42. The number of rotatable bonds is 6. The van der Waals surface area contributed by atoms with Crippen molar-refractivity contribution in [3.8, 4) is 11.6 Å². The van der Waals surface area contributed by atoms with E-state index >= 15 is 0 Å². The van der Waals surface area contributed by atoms with E-state index in [1.165, 1.54) is 0 Å². The van der Waals surface area contributed by atoms with Crippen molar-refractivity contribution in [1.29, 1.82) is 0 Å². The molecule has 116 valence electrons. The molecule has 1 aromatic heterocycles. The average Bonchev–Trinajstić information content (AvgIpc) is 2.55. The van der Waals surface area contributed by atoms with Crippen molar-refractivity contribution in [2.45, 2.75) is 13.5 Å². The topological polar surface area (TPSA) is 81.8 Å². The van der Waals surface area contributed by atoms with Crippen LogP contribution in [0.5, 0.6) is 11.6 Å². The van der Waals surface area contributed by atoms with E-state index in [0.29, 0.717) is 25.0 Å². The molecule has 0 amide bonds. The molecule has 6 heteroatoms. The highest BCUT2D eigenvalue weighted by Crippen LogP contribution is 2.16. The number of methoxy groups -OCH3 is 1. The first-order valence-corrected chi connectivity index (χ1v) is 7.00. The molecule has 0 atom stereocenters. The molecule has 0 saturated heterocycles. The lowest BCUT2D eigenvalue weighted by Gasteiger charge is -2.08. The van der Waals surface area contributed by atoms with Crippen LogP contribution < -0.4 is 20.5 Å². The molecule has 0 unspecified atom stereocenters. The third-order valence-corrected chi connectivity index (χ3v) is 2.91. The quantitative estimate of drug-likeness (QED) is 0.632. The number of hydrogen-bond acceptors (Lipinski definition) is 4. The third-order valence-electron chi connectivity index (χ3n) is 2.91. The van der Waals surface area contributed by atoms with Gasteiger partial charge in [-0.2, -0.15) is 0 Å². The zero-order valence-electron chi connectivity index (χ0n) is 12.7. The van der Waals surface area contributed by atoms with Gasteiger partial charge in [0, 0.05) is 17.4 Å². The summed E-state index contributed by atoms with van der Waals surface area (Å²) in [6.07, 6.45) is 1.69. The van der Waals surface area contributed by atoms with Gasteiger partial charge in [-0.15, -0.1) is 0 Å². The summed E-state index contributed by atoms with van der Waals surface area (Å²) in [5.74, 6) is 1.71. The lowest BCUT2D eigenvalue weighted by Crippen LogP contribution is -2.22. The van der Waals surface area contributed by atoms with E-state index in [1.807, 2.05) is 43.3 Å². The summed E-state index contributed by atoms with van der Waals surface area (Å²) in [6.45, 7) is 2.88.